The van der Waals surface area contributed by atoms with Crippen molar-refractivity contribution in [2.24, 2.45) is 0 Å². The fourth-order valence-electron chi connectivity index (χ4n) is 3.14. The minimum atomic E-state index is -0.536. The van der Waals surface area contributed by atoms with Crippen LogP contribution in [0.3, 0.4) is 0 Å². The number of para-hydroxylation sites is 1. The largest absolute Gasteiger partial charge is 0.465 e. The molecule has 1 aliphatic rings. The highest BCUT2D eigenvalue weighted by atomic mass is 16.5. The van der Waals surface area contributed by atoms with Crippen LogP contribution in [0, 0.1) is 0 Å². The Morgan fingerprint density at radius 3 is 2.48 bits per heavy atom. The Morgan fingerprint density at radius 1 is 1.03 bits per heavy atom. The normalized spacial score (nSPS) is 13.3. The summed E-state index contributed by atoms with van der Waals surface area (Å²) in [6.07, 6.45) is 0.0496. The smallest absolute Gasteiger partial charge is 0.340 e. The molecule has 1 aliphatic heterocycles. The first-order valence-corrected chi connectivity index (χ1v) is 10.0. The minimum Gasteiger partial charge on any atom is -0.465 e. The number of nitrogens with zero attached hydrogens (tertiary/aromatic N) is 1. The second-order valence-corrected chi connectivity index (χ2v) is 6.87. The van der Waals surface area contributed by atoms with E-state index in [0.717, 1.165) is 18.8 Å². The molecule has 2 aromatic rings. The molecule has 0 unspecified atom stereocenters. The lowest BCUT2D eigenvalue weighted by molar-refractivity contribution is -0.116. The van der Waals surface area contributed by atoms with E-state index in [2.05, 4.69) is 20.9 Å². The molecular formula is C22H26N4O5. The van der Waals surface area contributed by atoms with Crippen molar-refractivity contribution in [1.29, 1.82) is 0 Å². The number of esters is 1. The van der Waals surface area contributed by atoms with Crippen molar-refractivity contribution in [2.45, 2.75) is 6.42 Å². The third-order valence-corrected chi connectivity index (χ3v) is 4.73. The van der Waals surface area contributed by atoms with Gasteiger partial charge in [-0.2, -0.15) is 0 Å². The number of hydrogen-bond acceptors (Lipinski definition) is 6. The summed E-state index contributed by atoms with van der Waals surface area (Å²) >= 11 is 0. The fraction of sp³-hybridized carbons (Fsp3) is 0.318. The topological polar surface area (TPSA) is 109 Å². The van der Waals surface area contributed by atoms with Crippen LogP contribution in [-0.4, -0.2) is 57.9 Å². The van der Waals surface area contributed by atoms with Gasteiger partial charge in [-0.15, -0.1) is 0 Å². The number of carbonyl (C=O) groups excluding carboxylic acids is 3. The molecule has 0 radical (unpaired) electrons. The summed E-state index contributed by atoms with van der Waals surface area (Å²) in [7, 11) is 1.30. The van der Waals surface area contributed by atoms with Crippen LogP contribution >= 0.6 is 0 Å². The van der Waals surface area contributed by atoms with Crippen LogP contribution in [0.25, 0.3) is 0 Å². The van der Waals surface area contributed by atoms with E-state index in [1.807, 2.05) is 24.3 Å². The summed E-state index contributed by atoms with van der Waals surface area (Å²) in [5.74, 6) is -0.866. The molecule has 9 heteroatoms. The van der Waals surface area contributed by atoms with Gasteiger partial charge in [-0.1, -0.05) is 18.2 Å². The summed E-state index contributed by atoms with van der Waals surface area (Å²) in [6, 6.07) is 13.8. The van der Waals surface area contributed by atoms with Crippen LogP contribution in [0.2, 0.25) is 0 Å². The van der Waals surface area contributed by atoms with E-state index in [0.29, 0.717) is 24.6 Å². The molecule has 0 bridgehead atoms. The number of anilines is 3. The first-order valence-electron chi connectivity index (χ1n) is 10.0. The van der Waals surface area contributed by atoms with E-state index in [1.165, 1.54) is 7.11 Å². The second-order valence-electron chi connectivity index (χ2n) is 6.87. The summed E-state index contributed by atoms with van der Waals surface area (Å²) < 4.78 is 10.2. The van der Waals surface area contributed by atoms with Crippen LogP contribution in [0.5, 0.6) is 0 Å². The van der Waals surface area contributed by atoms with Crippen LogP contribution in [0.1, 0.15) is 16.8 Å². The number of amides is 3. The molecule has 9 nitrogen and oxygen atoms in total. The van der Waals surface area contributed by atoms with Crippen molar-refractivity contribution in [3.63, 3.8) is 0 Å². The maximum absolute atomic E-state index is 12.3. The Bertz CT molecular complexity index is 913. The first kappa shape index (κ1) is 22.1. The highest BCUT2D eigenvalue weighted by Gasteiger charge is 2.18. The third kappa shape index (κ3) is 6.45. The molecule has 1 heterocycles. The fourth-order valence-corrected chi connectivity index (χ4v) is 3.14. The Balaban J connectivity index is 1.55. The van der Waals surface area contributed by atoms with Gasteiger partial charge in [0.25, 0.3) is 0 Å². The maximum atomic E-state index is 12.3. The van der Waals surface area contributed by atoms with Gasteiger partial charge in [-0.3, -0.25) is 4.79 Å². The van der Waals surface area contributed by atoms with E-state index in [-0.39, 0.29) is 24.4 Å². The number of methoxy groups -OCH3 is 1. The molecule has 1 saturated heterocycles. The highest BCUT2D eigenvalue weighted by Crippen LogP contribution is 2.25. The second kappa shape index (κ2) is 11.0. The SMILES string of the molecule is COC(=O)c1cc(N2CCOCC2)ccc1NC(=O)CCNC(=O)Nc1ccccc1. The Labute approximate surface area is 180 Å². The van der Waals surface area contributed by atoms with Crippen molar-refractivity contribution in [3.05, 3.63) is 54.1 Å². The standard InChI is InChI=1S/C22H26N4O5/c1-30-21(28)18-15-17(26-11-13-31-14-12-26)7-8-19(18)25-20(27)9-10-23-22(29)24-16-5-3-2-4-6-16/h2-8,15H,9-14H2,1H3,(H,25,27)(H2,23,24,29). The lowest BCUT2D eigenvalue weighted by atomic mass is 10.1. The molecule has 0 aromatic heterocycles. The van der Waals surface area contributed by atoms with Gasteiger partial charge in [0.05, 0.1) is 31.6 Å². The number of urea groups is 1. The van der Waals surface area contributed by atoms with Gasteiger partial charge in [0.2, 0.25) is 5.91 Å². The zero-order valence-electron chi connectivity index (χ0n) is 17.3. The Kier molecular flexibility index (Phi) is 7.83. The molecule has 1 fully saturated rings. The molecule has 2 aromatic carbocycles. The number of rotatable bonds is 7. The predicted octanol–water partition coefficient (Wildman–Crippen LogP) is 2.46. The van der Waals surface area contributed by atoms with Gasteiger partial charge in [0.1, 0.15) is 0 Å². The Hall–Kier alpha value is -3.59. The minimum absolute atomic E-state index is 0.0496. The lowest BCUT2D eigenvalue weighted by Gasteiger charge is -2.29. The van der Waals surface area contributed by atoms with E-state index in [1.54, 1.807) is 24.3 Å². The van der Waals surface area contributed by atoms with Gasteiger partial charge in [-0.05, 0) is 30.3 Å². The molecule has 0 saturated carbocycles. The van der Waals surface area contributed by atoms with E-state index >= 15 is 0 Å². The van der Waals surface area contributed by atoms with Crippen LogP contribution in [-0.2, 0) is 14.3 Å². The van der Waals surface area contributed by atoms with Gasteiger partial charge >= 0.3 is 12.0 Å². The van der Waals surface area contributed by atoms with Gasteiger partial charge < -0.3 is 30.3 Å². The van der Waals surface area contributed by atoms with Gasteiger partial charge in [0, 0.05) is 37.4 Å². The van der Waals surface area contributed by atoms with Crippen molar-refractivity contribution in [1.82, 2.24) is 5.32 Å². The average Bonchev–Trinajstić information content (AvgIpc) is 2.80. The monoisotopic (exact) mass is 426 g/mol. The summed E-state index contributed by atoms with van der Waals surface area (Å²) in [4.78, 5) is 38.6. The summed E-state index contributed by atoms with van der Waals surface area (Å²) in [6.45, 7) is 2.84. The molecule has 3 amide bonds. The van der Waals surface area contributed by atoms with Crippen molar-refractivity contribution in [2.75, 3.05) is 55.5 Å². The number of carbonyl (C=O) groups is 3. The summed E-state index contributed by atoms with van der Waals surface area (Å²) in [5.41, 5.74) is 2.16. The highest BCUT2D eigenvalue weighted by molar-refractivity contribution is 6.02. The van der Waals surface area contributed by atoms with Crippen molar-refractivity contribution in [3.8, 4) is 0 Å². The van der Waals surface area contributed by atoms with Crippen molar-refractivity contribution >= 4 is 35.0 Å². The van der Waals surface area contributed by atoms with Gasteiger partial charge in [0.15, 0.2) is 0 Å². The first-order chi connectivity index (χ1) is 15.1. The molecule has 3 rings (SSSR count). The van der Waals surface area contributed by atoms with E-state index < -0.39 is 12.0 Å². The quantitative estimate of drug-likeness (QED) is 0.587. The predicted molar refractivity (Wildman–Crippen MR) is 118 cm³/mol. The van der Waals surface area contributed by atoms with Crippen LogP contribution < -0.4 is 20.9 Å². The molecule has 0 atom stereocenters. The van der Waals surface area contributed by atoms with Crippen LogP contribution in [0.4, 0.5) is 21.9 Å². The molecule has 164 valence electrons. The average molecular weight is 426 g/mol. The number of nitrogens with one attached hydrogen (secondary N) is 3. The van der Waals surface area contributed by atoms with Gasteiger partial charge in [-0.25, -0.2) is 9.59 Å². The molecular weight excluding hydrogens is 400 g/mol. The maximum Gasteiger partial charge on any atom is 0.340 e. The van der Waals surface area contributed by atoms with E-state index in [4.69, 9.17) is 9.47 Å². The lowest BCUT2D eigenvalue weighted by Crippen LogP contribution is -2.36. The zero-order valence-corrected chi connectivity index (χ0v) is 17.3. The Morgan fingerprint density at radius 2 is 1.77 bits per heavy atom. The molecule has 3 N–H and O–H groups in total. The molecule has 0 aliphatic carbocycles. The number of hydrogen-bond donors (Lipinski definition) is 3. The van der Waals surface area contributed by atoms with Crippen molar-refractivity contribution < 1.29 is 23.9 Å². The van der Waals surface area contributed by atoms with Crippen LogP contribution in [0.15, 0.2) is 48.5 Å². The molecule has 0 spiro atoms. The van der Waals surface area contributed by atoms with E-state index in [9.17, 15) is 14.4 Å². The number of benzene rings is 2. The third-order valence-electron chi connectivity index (χ3n) is 4.73. The zero-order chi connectivity index (χ0) is 22.1. The summed E-state index contributed by atoms with van der Waals surface area (Å²) in [5, 5.41) is 8.03. The number of ether oxygens (including phenoxy) is 2. The number of morpholine rings is 1. The molecule has 31 heavy (non-hydrogen) atoms.